The number of thiazole rings is 2. The predicted octanol–water partition coefficient (Wildman–Crippen LogP) is 11.1. The summed E-state index contributed by atoms with van der Waals surface area (Å²) in [6.45, 7) is 10.8. The Morgan fingerprint density at radius 1 is 0.843 bits per heavy atom. The number of aliphatic hydroxyl groups excluding tert-OH is 1. The molecule has 1 saturated carbocycles. The Morgan fingerprint density at radius 2 is 1.54 bits per heavy atom. The van der Waals surface area contributed by atoms with Crippen molar-refractivity contribution in [2.24, 2.45) is 5.41 Å². The SMILES string of the molecule is Cc1ncc(-c2ccc3nc(NCCCCCCCCCCCC(=O)N[C@H](C(=O)N4C[C@H](O)C[C@H]4C(=O)NCc4ccc(-c5scnc5C)cc4)C(C)(C)C)sc3c2)cc1NC(=O)OC1CCCCC1. The molecular weight excluding hydrogens is 921 g/mol. The van der Waals surface area contributed by atoms with E-state index >= 15 is 0 Å². The van der Waals surface area contributed by atoms with E-state index in [-0.39, 0.29) is 36.8 Å². The highest BCUT2D eigenvalue weighted by molar-refractivity contribution is 7.22. The third kappa shape index (κ3) is 14.8. The number of hydrogen-bond donors (Lipinski definition) is 5. The molecule has 16 heteroatoms. The number of pyridine rings is 1. The average Bonchev–Trinajstić information content (AvgIpc) is 4.08. The number of amides is 4. The number of anilines is 2. The first-order chi connectivity index (χ1) is 33.7. The highest BCUT2D eigenvalue weighted by Crippen LogP contribution is 2.33. The van der Waals surface area contributed by atoms with E-state index in [9.17, 15) is 24.3 Å². The molecule has 1 aliphatic heterocycles. The molecule has 1 aliphatic carbocycles. The number of fused-ring (bicyclic) bond motifs is 1. The fourth-order valence-electron chi connectivity index (χ4n) is 9.33. The zero-order chi connectivity index (χ0) is 49.6. The molecule has 7 rings (SSSR count). The van der Waals surface area contributed by atoms with Crippen molar-refractivity contribution in [1.29, 1.82) is 0 Å². The number of unbranched alkanes of at least 4 members (excludes halogenated alkanes) is 8. The third-order valence-electron chi connectivity index (χ3n) is 13.4. The fourth-order valence-corrected chi connectivity index (χ4v) is 11.1. The maximum Gasteiger partial charge on any atom is 0.411 e. The van der Waals surface area contributed by atoms with E-state index in [0.29, 0.717) is 18.7 Å². The number of rotatable bonds is 22. The number of likely N-dealkylation sites (tertiary alicyclic amines) is 1. The molecule has 4 amide bonds. The third-order valence-corrected chi connectivity index (χ3v) is 15.4. The number of hydrogen-bond acceptors (Lipinski definition) is 12. The molecule has 70 heavy (non-hydrogen) atoms. The molecule has 5 aromatic rings. The van der Waals surface area contributed by atoms with Crippen molar-refractivity contribution in [3.8, 4) is 21.6 Å². The molecule has 5 N–H and O–H groups in total. The lowest BCUT2D eigenvalue weighted by Crippen LogP contribution is -2.57. The van der Waals surface area contributed by atoms with Gasteiger partial charge in [-0.1, -0.05) is 114 Å². The van der Waals surface area contributed by atoms with Crippen LogP contribution < -0.4 is 21.3 Å². The number of nitrogens with one attached hydrogen (secondary N) is 4. The largest absolute Gasteiger partial charge is 0.446 e. The molecule has 376 valence electrons. The van der Waals surface area contributed by atoms with Crippen LogP contribution in [0.15, 0.2) is 60.2 Å². The minimum absolute atomic E-state index is 0.0123. The molecule has 0 bridgehead atoms. The number of aryl methyl sites for hydroxylation is 2. The molecule has 3 aromatic heterocycles. The van der Waals surface area contributed by atoms with Crippen molar-refractivity contribution in [2.45, 2.75) is 168 Å². The molecule has 3 atom stereocenters. The summed E-state index contributed by atoms with van der Waals surface area (Å²) in [5.74, 6) is -0.843. The van der Waals surface area contributed by atoms with Crippen molar-refractivity contribution in [3.63, 3.8) is 0 Å². The maximum absolute atomic E-state index is 14.0. The summed E-state index contributed by atoms with van der Waals surface area (Å²) in [4.78, 5) is 69.6. The second-order valence-electron chi connectivity index (χ2n) is 20.2. The van der Waals surface area contributed by atoms with Gasteiger partial charge in [0.15, 0.2) is 5.13 Å². The van der Waals surface area contributed by atoms with Gasteiger partial charge in [-0.05, 0) is 92.7 Å². The smallest absolute Gasteiger partial charge is 0.411 e. The number of nitrogens with zero attached hydrogens (tertiary/aromatic N) is 4. The minimum Gasteiger partial charge on any atom is -0.446 e. The summed E-state index contributed by atoms with van der Waals surface area (Å²) < 4.78 is 6.76. The second-order valence-corrected chi connectivity index (χ2v) is 22.0. The highest BCUT2D eigenvalue weighted by Gasteiger charge is 2.44. The van der Waals surface area contributed by atoms with Crippen LogP contribution in [0.2, 0.25) is 0 Å². The van der Waals surface area contributed by atoms with E-state index < -0.39 is 29.7 Å². The standard InChI is InChI=1S/C54H72N8O6S2/c1-35-44(60-53(67)68-42-18-14-13-15-19-42)28-40(32-56-35)39-25-26-43-46(29-39)70-52(59-43)55-27-17-12-10-8-6-7-9-11-16-20-47(64)61-49(54(3,4)5)51(66)62-33-41(63)30-45(62)50(65)57-31-37-21-23-38(24-22-37)48-36(2)58-34-69-48/h21-26,28-29,32,34,41-42,45,49,63H,6-20,27,30-31,33H2,1-5H3,(H,55,59)(H,57,65)(H,60,67)(H,61,64)/t41-,45+,49-/m1/s1. The van der Waals surface area contributed by atoms with Crippen LogP contribution in [0.4, 0.5) is 15.6 Å². The van der Waals surface area contributed by atoms with Crippen LogP contribution in [0, 0.1) is 19.3 Å². The van der Waals surface area contributed by atoms with Crippen molar-refractivity contribution in [2.75, 3.05) is 23.7 Å². The van der Waals surface area contributed by atoms with Gasteiger partial charge in [-0.3, -0.25) is 24.7 Å². The Labute approximate surface area is 421 Å². The maximum atomic E-state index is 14.0. The van der Waals surface area contributed by atoms with Crippen LogP contribution in [0.3, 0.4) is 0 Å². The van der Waals surface area contributed by atoms with E-state index in [4.69, 9.17) is 9.72 Å². The Bertz CT molecular complexity index is 2530. The molecule has 0 spiro atoms. The Hall–Kier alpha value is -5.45. The molecule has 2 aliphatic rings. The van der Waals surface area contributed by atoms with Gasteiger partial charge in [-0.2, -0.15) is 0 Å². The van der Waals surface area contributed by atoms with Gasteiger partial charge in [0.2, 0.25) is 17.7 Å². The zero-order valence-electron chi connectivity index (χ0n) is 41.6. The quantitative estimate of drug-likeness (QED) is 0.0418. The summed E-state index contributed by atoms with van der Waals surface area (Å²) in [5.41, 5.74) is 8.47. The Morgan fingerprint density at radius 3 is 2.24 bits per heavy atom. The monoisotopic (exact) mass is 993 g/mol. The molecular formula is C54H72N8O6S2. The first kappa shape index (κ1) is 52.4. The van der Waals surface area contributed by atoms with Gasteiger partial charge >= 0.3 is 6.09 Å². The van der Waals surface area contributed by atoms with Gasteiger partial charge in [0, 0.05) is 44.2 Å². The number of carbonyl (C=O) groups is 4. The molecule has 2 aromatic carbocycles. The summed E-state index contributed by atoms with van der Waals surface area (Å²) in [6, 6.07) is 14.5. The number of aromatic nitrogens is 3. The zero-order valence-corrected chi connectivity index (χ0v) is 43.2. The van der Waals surface area contributed by atoms with Gasteiger partial charge < -0.3 is 30.7 Å². The van der Waals surface area contributed by atoms with E-state index in [2.05, 4.69) is 37.3 Å². The Balaban J connectivity index is 0.752. The number of ether oxygens (including phenoxy) is 1. The summed E-state index contributed by atoms with van der Waals surface area (Å²) >= 11 is 3.23. The lowest BCUT2D eigenvalue weighted by molar-refractivity contribution is -0.144. The van der Waals surface area contributed by atoms with Gasteiger partial charge in [0.05, 0.1) is 43.8 Å². The molecule has 0 radical (unpaired) electrons. The average molecular weight is 993 g/mol. The summed E-state index contributed by atoms with van der Waals surface area (Å²) in [5, 5.41) is 23.9. The predicted molar refractivity (Wildman–Crippen MR) is 281 cm³/mol. The number of carbonyl (C=O) groups excluding carboxylic acids is 4. The topological polar surface area (TPSA) is 188 Å². The molecule has 14 nitrogen and oxygen atoms in total. The summed E-state index contributed by atoms with van der Waals surface area (Å²) in [7, 11) is 0. The van der Waals surface area contributed by atoms with Crippen LogP contribution in [0.5, 0.6) is 0 Å². The van der Waals surface area contributed by atoms with E-state index in [1.807, 2.05) is 88.8 Å². The van der Waals surface area contributed by atoms with Crippen LogP contribution in [0.25, 0.3) is 31.8 Å². The van der Waals surface area contributed by atoms with Gasteiger partial charge in [-0.25, -0.2) is 14.8 Å². The van der Waals surface area contributed by atoms with Crippen LogP contribution in [-0.2, 0) is 25.7 Å². The first-order valence-electron chi connectivity index (χ1n) is 25.4. The summed E-state index contributed by atoms with van der Waals surface area (Å²) in [6.07, 6.45) is 15.9. The van der Waals surface area contributed by atoms with Gasteiger partial charge in [0.1, 0.15) is 18.2 Å². The van der Waals surface area contributed by atoms with Crippen LogP contribution >= 0.6 is 22.7 Å². The van der Waals surface area contributed by atoms with E-state index in [0.717, 1.165) is 131 Å². The fraction of sp³-hybridized carbons (Fsp3) is 0.537. The highest BCUT2D eigenvalue weighted by atomic mass is 32.1. The lowest BCUT2D eigenvalue weighted by atomic mass is 9.85. The second kappa shape index (κ2) is 25.1. The van der Waals surface area contributed by atoms with Crippen LogP contribution in [-0.4, -0.2) is 86.2 Å². The van der Waals surface area contributed by atoms with Crippen molar-refractivity contribution in [3.05, 3.63) is 77.2 Å². The molecule has 4 heterocycles. The molecule has 1 saturated heterocycles. The lowest BCUT2D eigenvalue weighted by Gasteiger charge is -2.35. The minimum atomic E-state index is -0.834. The van der Waals surface area contributed by atoms with Gasteiger partial charge in [0.25, 0.3) is 0 Å². The van der Waals surface area contributed by atoms with E-state index in [1.165, 1.54) is 24.2 Å². The van der Waals surface area contributed by atoms with Crippen molar-refractivity contribution in [1.82, 2.24) is 30.5 Å². The van der Waals surface area contributed by atoms with Crippen molar-refractivity contribution < 1.29 is 29.0 Å². The molecule has 0 unspecified atom stereocenters. The molecule has 2 fully saturated rings. The Kier molecular flexibility index (Phi) is 18.8. The van der Waals surface area contributed by atoms with E-state index in [1.54, 1.807) is 22.7 Å². The number of β-amino-alcohol motifs (C(OH)–C–C–N with tert-alkyl or cyclic N) is 1. The first-order valence-corrected chi connectivity index (χ1v) is 27.1. The van der Waals surface area contributed by atoms with Crippen LogP contribution in [0.1, 0.15) is 140 Å². The number of benzene rings is 2. The van der Waals surface area contributed by atoms with Crippen molar-refractivity contribution >= 4 is 67.5 Å². The van der Waals surface area contributed by atoms with Gasteiger partial charge in [-0.15, -0.1) is 11.3 Å². The number of aliphatic hydroxyl groups is 1. The normalized spacial score (nSPS) is 16.8.